The molecule has 124 valence electrons. The van der Waals surface area contributed by atoms with Crippen molar-refractivity contribution < 1.29 is 4.74 Å². The first-order valence-electron chi connectivity index (χ1n) is 8.10. The Bertz CT molecular complexity index is 615. The maximum absolute atomic E-state index is 5.93. The average Bonchev–Trinajstić information content (AvgIpc) is 3.01. The molecule has 1 aromatic carbocycles. The van der Waals surface area contributed by atoms with Crippen LogP contribution in [0.5, 0.6) is 0 Å². The fourth-order valence-electron chi connectivity index (χ4n) is 2.74. The highest BCUT2D eigenvalue weighted by Crippen LogP contribution is 2.24. The zero-order chi connectivity index (χ0) is 16.1. The molecule has 1 saturated heterocycles. The fourth-order valence-corrected chi connectivity index (χ4v) is 3.01. The molecule has 1 atom stereocenters. The zero-order valence-electron chi connectivity index (χ0n) is 13.4. The molecule has 0 bridgehead atoms. The Morgan fingerprint density at radius 3 is 2.91 bits per heavy atom. The Morgan fingerprint density at radius 1 is 1.30 bits per heavy atom. The van der Waals surface area contributed by atoms with Gasteiger partial charge in [-0.25, -0.2) is 4.68 Å². The number of morpholine rings is 1. The van der Waals surface area contributed by atoms with Crippen molar-refractivity contribution in [3.63, 3.8) is 0 Å². The number of benzene rings is 1. The minimum Gasteiger partial charge on any atom is -0.371 e. The summed E-state index contributed by atoms with van der Waals surface area (Å²) in [4.78, 5) is 2.37. The van der Waals surface area contributed by atoms with Gasteiger partial charge in [-0.1, -0.05) is 41.4 Å². The van der Waals surface area contributed by atoms with Crippen molar-refractivity contribution >= 4 is 15.9 Å². The predicted octanol–water partition coefficient (Wildman–Crippen LogP) is 2.81. The molecule has 1 fully saturated rings. The zero-order valence-corrected chi connectivity index (χ0v) is 14.9. The molecule has 3 rings (SSSR count). The monoisotopic (exact) mass is 379 g/mol. The minimum absolute atomic E-state index is 0.108. The predicted molar refractivity (Wildman–Crippen MR) is 90.8 cm³/mol. The van der Waals surface area contributed by atoms with Crippen LogP contribution >= 0.6 is 15.9 Å². The van der Waals surface area contributed by atoms with Crippen molar-refractivity contribution in [2.45, 2.75) is 39.0 Å². The van der Waals surface area contributed by atoms with Gasteiger partial charge in [-0.3, -0.25) is 4.90 Å². The topological polar surface area (TPSA) is 56.1 Å². The number of tetrazole rings is 1. The van der Waals surface area contributed by atoms with E-state index in [1.165, 1.54) is 5.56 Å². The Balaban J connectivity index is 1.62. The van der Waals surface area contributed by atoms with Gasteiger partial charge in [0.2, 0.25) is 0 Å². The molecule has 0 spiro atoms. The van der Waals surface area contributed by atoms with E-state index in [2.05, 4.69) is 67.5 Å². The number of ether oxygens (including phenoxy) is 1. The summed E-state index contributed by atoms with van der Waals surface area (Å²) in [6.07, 6.45) is 2.35. The molecule has 6 nitrogen and oxygen atoms in total. The number of unbranched alkanes of at least 4 members (excludes halogenated alkanes) is 1. The van der Waals surface area contributed by atoms with E-state index in [0.29, 0.717) is 0 Å². The highest BCUT2D eigenvalue weighted by Gasteiger charge is 2.23. The molecule has 1 aliphatic rings. The number of aromatic nitrogens is 4. The standard InChI is InChI=1S/C16H22BrN5O/c1-2-3-8-22-16(18-19-20-22)12-21-9-10-23-15(11-21)13-4-6-14(17)7-5-13/h4-7,15H,2-3,8-12H2,1H3/t15-/m1/s1. The Labute approximate surface area is 144 Å². The summed E-state index contributed by atoms with van der Waals surface area (Å²) in [5.41, 5.74) is 1.21. The Hall–Kier alpha value is -1.31. The van der Waals surface area contributed by atoms with Crippen LogP contribution in [0.1, 0.15) is 37.3 Å². The molecule has 23 heavy (non-hydrogen) atoms. The van der Waals surface area contributed by atoms with Gasteiger partial charge in [-0.2, -0.15) is 0 Å². The molecule has 0 N–H and O–H groups in total. The third-order valence-electron chi connectivity index (χ3n) is 4.09. The van der Waals surface area contributed by atoms with E-state index in [9.17, 15) is 0 Å². The second-order valence-corrected chi connectivity index (χ2v) is 6.73. The molecule has 2 heterocycles. The summed E-state index contributed by atoms with van der Waals surface area (Å²) in [5, 5.41) is 12.1. The maximum Gasteiger partial charge on any atom is 0.165 e. The van der Waals surface area contributed by atoms with Crippen molar-refractivity contribution in [3.8, 4) is 0 Å². The lowest BCUT2D eigenvalue weighted by atomic mass is 10.1. The van der Waals surface area contributed by atoms with Crippen molar-refractivity contribution in [2.24, 2.45) is 0 Å². The number of hydrogen-bond acceptors (Lipinski definition) is 5. The van der Waals surface area contributed by atoms with Gasteiger partial charge in [0.1, 0.15) is 0 Å². The number of halogens is 1. The summed E-state index contributed by atoms with van der Waals surface area (Å²) >= 11 is 3.47. The van der Waals surface area contributed by atoms with Crippen LogP contribution in [0.25, 0.3) is 0 Å². The first kappa shape index (κ1) is 16.5. The molecule has 7 heteroatoms. The smallest absolute Gasteiger partial charge is 0.165 e. The third-order valence-corrected chi connectivity index (χ3v) is 4.62. The van der Waals surface area contributed by atoms with Crippen LogP contribution in [0.3, 0.4) is 0 Å². The van der Waals surface area contributed by atoms with E-state index in [-0.39, 0.29) is 6.10 Å². The maximum atomic E-state index is 5.93. The van der Waals surface area contributed by atoms with Crippen LogP contribution in [-0.2, 0) is 17.8 Å². The highest BCUT2D eigenvalue weighted by atomic mass is 79.9. The normalized spacial score (nSPS) is 19.1. The second-order valence-electron chi connectivity index (χ2n) is 5.82. The molecule has 0 radical (unpaired) electrons. The van der Waals surface area contributed by atoms with Crippen LogP contribution in [0, 0.1) is 0 Å². The Kier molecular flexibility index (Phi) is 5.75. The van der Waals surface area contributed by atoms with Gasteiger partial charge in [-0.05, 0) is 34.5 Å². The van der Waals surface area contributed by atoms with Crippen molar-refractivity contribution in [3.05, 3.63) is 40.1 Å². The lowest BCUT2D eigenvalue weighted by Gasteiger charge is -2.32. The van der Waals surface area contributed by atoms with Gasteiger partial charge in [-0.15, -0.1) is 5.10 Å². The third kappa shape index (κ3) is 4.37. The number of nitrogens with zero attached hydrogens (tertiary/aromatic N) is 5. The first-order valence-corrected chi connectivity index (χ1v) is 8.90. The summed E-state index contributed by atoms with van der Waals surface area (Å²) in [5.74, 6) is 0.940. The van der Waals surface area contributed by atoms with Crippen LogP contribution in [0.4, 0.5) is 0 Å². The minimum atomic E-state index is 0.108. The molecule has 0 saturated carbocycles. The van der Waals surface area contributed by atoms with Gasteiger partial charge in [0.25, 0.3) is 0 Å². The van der Waals surface area contributed by atoms with Crippen LogP contribution in [-0.4, -0.2) is 44.8 Å². The van der Waals surface area contributed by atoms with Gasteiger partial charge in [0.05, 0.1) is 19.3 Å². The highest BCUT2D eigenvalue weighted by molar-refractivity contribution is 9.10. The van der Waals surface area contributed by atoms with Crippen LogP contribution in [0.15, 0.2) is 28.7 Å². The number of rotatable bonds is 6. The van der Waals surface area contributed by atoms with Crippen molar-refractivity contribution in [1.29, 1.82) is 0 Å². The summed E-state index contributed by atoms with van der Waals surface area (Å²) < 4.78 is 8.94. The van der Waals surface area contributed by atoms with Crippen molar-refractivity contribution in [2.75, 3.05) is 19.7 Å². The summed E-state index contributed by atoms with van der Waals surface area (Å²) in [6, 6.07) is 8.35. The SMILES string of the molecule is CCCCn1nnnc1CN1CCO[C@@H](c2ccc(Br)cc2)C1. The molecular weight excluding hydrogens is 358 g/mol. The molecule has 2 aromatic rings. The van der Waals surface area contributed by atoms with Gasteiger partial charge < -0.3 is 4.74 Å². The van der Waals surface area contributed by atoms with Gasteiger partial charge >= 0.3 is 0 Å². The quantitative estimate of drug-likeness (QED) is 0.772. The van der Waals surface area contributed by atoms with Crippen molar-refractivity contribution in [1.82, 2.24) is 25.1 Å². The van der Waals surface area contributed by atoms with Crippen LogP contribution in [0.2, 0.25) is 0 Å². The second kappa shape index (κ2) is 7.99. The largest absolute Gasteiger partial charge is 0.371 e. The fraction of sp³-hybridized carbons (Fsp3) is 0.562. The van der Waals surface area contributed by atoms with E-state index in [4.69, 9.17) is 4.74 Å². The lowest BCUT2D eigenvalue weighted by Crippen LogP contribution is -2.38. The molecule has 0 amide bonds. The van der Waals surface area contributed by atoms with Gasteiger partial charge in [0, 0.05) is 24.1 Å². The van der Waals surface area contributed by atoms with Crippen LogP contribution < -0.4 is 0 Å². The number of hydrogen-bond donors (Lipinski definition) is 0. The number of aryl methyl sites for hydroxylation is 1. The van der Waals surface area contributed by atoms with E-state index >= 15 is 0 Å². The summed E-state index contributed by atoms with van der Waals surface area (Å²) in [6.45, 7) is 6.34. The van der Waals surface area contributed by atoms with E-state index in [1.807, 2.05) is 4.68 Å². The lowest BCUT2D eigenvalue weighted by molar-refractivity contribution is -0.0340. The van der Waals surface area contributed by atoms with E-state index in [0.717, 1.165) is 55.9 Å². The molecule has 1 aliphatic heterocycles. The Morgan fingerprint density at radius 2 is 2.13 bits per heavy atom. The molecular formula is C16H22BrN5O. The van der Waals surface area contributed by atoms with Gasteiger partial charge in [0.15, 0.2) is 5.82 Å². The molecule has 0 aliphatic carbocycles. The summed E-state index contributed by atoms with van der Waals surface area (Å²) in [7, 11) is 0. The van der Waals surface area contributed by atoms with E-state index < -0.39 is 0 Å². The molecule has 1 aromatic heterocycles. The first-order chi connectivity index (χ1) is 11.3. The average molecular weight is 380 g/mol. The van der Waals surface area contributed by atoms with E-state index in [1.54, 1.807) is 0 Å². The molecule has 0 unspecified atom stereocenters.